The number of nitrogens with zero attached hydrogens (tertiary/aromatic N) is 1. The molecule has 1 aliphatic rings. The molecule has 0 spiro atoms. The summed E-state index contributed by atoms with van der Waals surface area (Å²) >= 11 is 5.78. The van der Waals surface area contributed by atoms with Crippen LogP contribution in [0.1, 0.15) is 21.5 Å². The van der Waals surface area contributed by atoms with Crippen LogP contribution in [-0.2, 0) is 0 Å². The van der Waals surface area contributed by atoms with E-state index in [1.54, 1.807) is 30.3 Å². The fourth-order valence-electron chi connectivity index (χ4n) is 2.68. The Labute approximate surface area is 161 Å². The summed E-state index contributed by atoms with van der Waals surface area (Å²) in [4.78, 5) is 12.9. The van der Waals surface area contributed by atoms with Gasteiger partial charge in [0, 0.05) is 11.3 Å². The van der Waals surface area contributed by atoms with Crippen molar-refractivity contribution in [3.8, 4) is 11.8 Å². The first-order valence-electron chi connectivity index (χ1n) is 7.97. The Morgan fingerprint density at radius 3 is 2.65 bits per heavy atom. The highest BCUT2D eigenvalue weighted by molar-refractivity contribution is 8.10. The van der Waals surface area contributed by atoms with Crippen molar-refractivity contribution < 1.29 is 19.7 Å². The second kappa shape index (κ2) is 8.14. The maximum absolute atomic E-state index is 12.9. The van der Waals surface area contributed by atoms with Gasteiger partial charge in [0.05, 0.1) is 27.9 Å². The number of nitriles is 1. The van der Waals surface area contributed by atoms with Crippen molar-refractivity contribution in [1.29, 1.82) is 5.26 Å². The molecule has 26 heavy (non-hydrogen) atoms. The fourth-order valence-corrected chi connectivity index (χ4v) is 4.17. The lowest BCUT2D eigenvalue weighted by molar-refractivity contribution is -0.0373. The first-order valence-corrected chi connectivity index (χ1v) is 9.54. The minimum absolute atomic E-state index is 0.230. The van der Waals surface area contributed by atoms with Gasteiger partial charge in [0.25, 0.3) is 0 Å². The van der Waals surface area contributed by atoms with Crippen molar-refractivity contribution in [1.82, 2.24) is 0 Å². The molecule has 0 bridgehead atoms. The monoisotopic (exact) mass is 387 g/mol. The molecule has 1 saturated heterocycles. The van der Waals surface area contributed by atoms with Gasteiger partial charge in [-0.1, -0.05) is 30.3 Å². The Bertz CT molecular complexity index is 837. The number of thioether (sulfide) groups is 1. The quantitative estimate of drug-likeness (QED) is 0.551. The van der Waals surface area contributed by atoms with E-state index in [2.05, 4.69) is 12.6 Å². The average molecular weight is 387 g/mol. The van der Waals surface area contributed by atoms with Crippen LogP contribution in [0.5, 0.6) is 5.75 Å². The van der Waals surface area contributed by atoms with Gasteiger partial charge in [-0.25, -0.2) is 0 Å². The lowest BCUT2D eigenvalue weighted by Crippen LogP contribution is -2.50. The smallest absolute Gasteiger partial charge is 0.196 e. The zero-order chi connectivity index (χ0) is 18.7. The summed E-state index contributed by atoms with van der Waals surface area (Å²) < 4.78 is 5.53. The number of rotatable bonds is 4. The summed E-state index contributed by atoms with van der Waals surface area (Å²) in [6.45, 7) is 0. The van der Waals surface area contributed by atoms with E-state index in [1.807, 2.05) is 12.1 Å². The van der Waals surface area contributed by atoms with Gasteiger partial charge >= 0.3 is 0 Å². The van der Waals surface area contributed by atoms with Crippen LogP contribution in [0, 0.1) is 11.3 Å². The number of hydrogen-bond acceptors (Lipinski definition) is 7. The summed E-state index contributed by atoms with van der Waals surface area (Å²) in [5, 5.41) is 29.3. The second-order valence-electron chi connectivity index (χ2n) is 5.88. The second-order valence-corrected chi connectivity index (χ2v) is 7.96. The van der Waals surface area contributed by atoms with Crippen molar-refractivity contribution in [3.05, 3.63) is 65.2 Å². The van der Waals surface area contributed by atoms with Gasteiger partial charge in [0.1, 0.15) is 18.0 Å². The third-order valence-corrected chi connectivity index (χ3v) is 5.99. The Morgan fingerprint density at radius 2 is 1.96 bits per heavy atom. The van der Waals surface area contributed by atoms with Gasteiger partial charge in [0.15, 0.2) is 5.78 Å². The minimum Gasteiger partial charge on any atom is -0.485 e. The van der Waals surface area contributed by atoms with E-state index >= 15 is 0 Å². The van der Waals surface area contributed by atoms with Crippen LogP contribution < -0.4 is 4.74 Å². The molecule has 0 amide bonds. The molecule has 1 heterocycles. The molecule has 1 fully saturated rings. The van der Waals surface area contributed by atoms with E-state index in [4.69, 9.17) is 10.00 Å². The molecule has 4 atom stereocenters. The summed E-state index contributed by atoms with van der Waals surface area (Å²) in [6, 6.07) is 15.2. The van der Waals surface area contributed by atoms with Crippen LogP contribution in [0.3, 0.4) is 0 Å². The van der Waals surface area contributed by atoms with E-state index in [9.17, 15) is 15.0 Å². The largest absolute Gasteiger partial charge is 0.485 e. The van der Waals surface area contributed by atoms with Gasteiger partial charge < -0.3 is 14.9 Å². The molecule has 0 aromatic heterocycles. The van der Waals surface area contributed by atoms with Crippen molar-refractivity contribution in [2.45, 2.75) is 22.9 Å². The van der Waals surface area contributed by atoms with E-state index in [0.717, 1.165) is 0 Å². The van der Waals surface area contributed by atoms with Gasteiger partial charge in [-0.3, -0.25) is 4.79 Å². The number of aliphatic hydroxyl groups is 2. The summed E-state index contributed by atoms with van der Waals surface area (Å²) in [5.41, 5.74) is 1.03. The number of carbonyl (C=O) groups is 1. The molecule has 2 N–H and O–H groups in total. The fraction of sp³-hybridized carbons (Fsp3) is 0.263. The van der Waals surface area contributed by atoms with Crippen molar-refractivity contribution in [2.24, 2.45) is 0 Å². The molecule has 5 nitrogen and oxygen atoms in total. The zero-order valence-corrected chi connectivity index (χ0v) is 15.4. The first-order chi connectivity index (χ1) is 12.5. The third-order valence-electron chi connectivity index (χ3n) is 4.10. The molecule has 1 aliphatic heterocycles. The highest BCUT2D eigenvalue weighted by Crippen LogP contribution is 2.34. The van der Waals surface area contributed by atoms with Crippen LogP contribution in [0.2, 0.25) is 0 Å². The van der Waals surface area contributed by atoms with E-state index < -0.39 is 18.3 Å². The number of thiol groups is 1. The molecule has 0 aliphatic carbocycles. The lowest BCUT2D eigenvalue weighted by Gasteiger charge is -2.36. The molecule has 7 heteroatoms. The van der Waals surface area contributed by atoms with Crippen LogP contribution in [0.4, 0.5) is 0 Å². The summed E-state index contributed by atoms with van der Waals surface area (Å²) in [5.74, 6) is 0.320. The number of aliphatic hydroxyl groups excluding tert-OH is 2. The number of ketones is 1. The van der Waals surface area contributed by atoms with Crippen LogP contribution in [0.15, 0.2) is 48.5 Å². The molecule has 2 aromatic rings. The van der Waals surface area contributed by atoms with Crippen molar-refractivity contribution in [2.75, 3.05) is 5.75 Å². The lowest BCUT2D eigenvalue weighted by atomic mass is 10.00. The van der Waals surface area contributed by atoms with Gasteiger partial charge in [-0.2, -0.15) is 17.9 Å². The van der Waals surface area contributed by atoms with Crippen LogP contribution >= 0.6 is 24.4 Å². The molecule has 0 radical (unpaired) electrons. The molecular weight excluding hydrogens is 370 g/mol. The summed E-state index contributed by atoms with van der Waals surface area (Å²) in [6.07, 6.45) is -2.84. The standard InChI is InChI=1S/C19H17NO4S2/c20-9-11-6-7-15(24-18-17(23)14(21)10-26-19(18)25)13(8-11)16(22)12-4-2-1-3-5-12/h1-8,14,17-19,21,23,25H,10H2/t14-,17+,18-,19-/m1/s1. The third kappa shape index (κ3) is 3.89. The number of ether oxygens (including phenoxy) is 1. The predicted molar refractivity (Wildman–Crippen MR) is 103 cm³/mol. The first kappa shape index (κ1) is 18.8. The number of carbonyl (C=O) groups excluding carboxylic acids is 1. The van der Waals surface area contributed by atoms with E-state index in [1.165, 1.54) is 23.9 Å². The molecular formula is C19H17NO4S2. The topological polar surface area (TPSA) is 90.6 Å². The van der Waals surface area contributed by atoms with E-state index in [-0.39, 0.29) is 21.7 Å². The zero-order valence-electron chi connectivity index (χ0n) is 13.6. The van der Waals surface area contributed by atoms with E-state index in [0.29, 0.717) is 16.9 Å². The molecule has 3 rings (SSSR count). The Balaban J connectivity index is 1.97. The molecule has 2 aromatic carbocycles. The Hall–Kier alpha value is -1.98. The van der Waals surface area contributed by atoms with Gasteiger partial charge in [-0.15, -0.1) is 11.8 Å². The van der Waals surface area contributed by atoms with Gasteiger partial charge in [0.2, 0.25) is 0 Å². The highest BCUT2D eigenvalue weighted by Gasteiger charge is 2.39. The molecule has 0 saturated carbocycles. The number of benzene rings is 2. The maximum Gasteiger partial charge on any atom is 0.196 e. The van der Waals surface area contributed by atoms with Crippen molar-refractivity contribution in [3.63, 3.8) is 0 Å². The SMILES string of the molecule is N#Cc1ccc(O[C@@H]2[C@@H](O)[C@H](O)CS[C@H]2S)c(C(=O)c2ccccc2)c1. The van der Waals surface area contributed by atoms with Crippen LogP contribution in [-0.4, -0.2) is 44.6 Å². The molecule has 134 valence electrons. The minimum atomic E-state index is -1.12. The maximum atomic E-state index is 12.9. The number of hydrogen-bond donors (Lipinski definition) is 3. The average Bonchev–Trinajstić information content (AvgIpc) is 2.68. The van der Waals surface area contributed by atoms with Crippen molar-refractivity contribution >= 4 is 30.2 Å². The normalized spacial score (nSPS) is 25.3. The summed E-state index contributed by atoms with van der Waals surface area (Å²) in [7, 11) is 0. The Morgan fingerprint density at radius 1 is 1.23 bits per heavy atom. The van der Waals surface area contributed by atoms with Crippen LogP contribution in [0.25, 0.3) is 0 Å². The molecule has 0 unspecified atom stereocenters. The Kier molecular flexibility index (Phi) is 5.89. The van der Waals surface area contributed by atoms with Gasteiger partial charge in [-0.05, 0) is 18.2 Å². The highest BCUT2D eigenvalue weighted by atomic mass is 32.2. The predicted octanol–water partition coefficient (Wildman–Crippen LogP) is 2.26.